The Hall–Kier alpha value is -1.93. The molecule has 1 fully saturated rings. The predicted octanol–water partition coefficient (Wildman–Crippen LogP) is 1.26. The molecule has 1 aliphatic heterocycles. The summed E-state index contributed by atoms with van der Waals surface area (Å²) < 4.78 is 12.3. The minimum absolute atomic E-state index is 0.0253. The van der Waals surface area contributed by atoms with Crippen molar-refractivity contribution in [2.75, 3.05) is 18.8 Å². The average Bonchev–Trinajstić information content (AvgIpc) is 2.99. The molecule has 2 heterocycles. The lowest BCUT2D eigenvalue weighted by atomic mass is 10.2. The van der Waals surface area contributed by atoms with E-state index in [1.54, 1.807) is 0 Å². The molecule has 0 radical (unpaired) electrons. The Morgan fingerprint density at radius 3 is 3.00 bits per heavy atom. The number of rotatable bonds is 4. The maximum Gasteiger partial charge on any atom is 0.271 e. The van der Waals surface area contributed by atoms with Crippen molar-refractivity contribution in [3.8, 4) is 0 Å². The highest BCUT2D eigenvalue weighted by atomic mass is 32.2. The van der Waals surface area contributed by atoms with Crippen LogP contribution in [0.4, 0.5) is 5.69 Å². The molecule has 3 rings (SSSR count). The predicted molar refractivity (Wildman–Crippen MR) is 78.4 cm³/mol. The van der Waals surface area contributed by atoms with Crippen LogP contribution < -0.4 is 5.32 Å². The van der Waals surface area contributed by atoms with Crippen LogP contribution in [0.2, 0.25) is 0 Å². The molecule has 2 aromatic rings. The van der Waals surface area contributed by atoms with Crippen molar-refractivity contribution in [3.63, 3.8) is 0 Å². The van der Waals surface area contributed by atoms with Gasteiger partial charge in [-0.2, -0.15) is 0 Å². The number of benzene rings is 1. The molecule has 21 heavy (non-hydrogen) atoms. The van der Waals surface area contributed by atoms with Gasteiger partial charge in [0, 0.05) is 17.9 Å². The third-order valence-corrected chi connectivity index (χ3v) is 4.93. The van der Waals surface area contributed by atoms with E-state index < -0.39 is 15.7 Å². The lowest BCUT2D eigenvalue weighted by Crippen LogP contribution is -2.15. The molecule has 0 saturated carbocycles. The maximum atomic E-state index is 12.3. The van der Waals surface area contributed by atoms with Crippen LogP contribution in [-0.4, -0.2) is 37.9 Å². The van der Waals surface area contributed by atoms with E-state index in [4.69, 9.17) is 0 Å². The van der Waals surface area contributed by atoms with Crippen LogP contribution in [0.3, 0.4) is 0 Å². The second kappa shape index (κ2) is 5.82. The zero-order valence-electron chi connectivity index (χ0n) is 11.2. The van der Waals surface area contributed by atoms with Crippen LogP contribution in [-0.2, 0) is 10.8 Å². The van der Waals surface area contributed by atoms with Gasteiger partial charge in [0.25, 0.3) is 5.69 Å². The van der Waals surface area contributed by atoms with Crippen molar-refractivity contribution >= 4 is 27.5 Å². The molecule has 0 amide bonds. The smallest absolute Gasteiger partial charge is 0.271 e. The summed E-state index contributed by atoms with van der Waals surface area (Å²) in [5.41, 5.74) is 0.936. The van der Waals surface area contributed by atoms with Gasteiger partial charge in [0.1, 0.15) is 5.03 Å². The van der Waals surface area contributed by atoms with Crippen molar-refractivity contribution in [1.82, 2.24) is 15.3 Å². The van der Waals surface area contributed by atoms with Crippen LogP contribution in [0.15, 0.2) is 29.4 Å². The van der Waals surface area contributed by atoms with Gasteiger partial charge in [0.2, 0.25) is 0 Å². The summed E-state index contributed by atoms with van der Waals surface area (Å²) in [7, 11) is -1.19. The van der Waals surface area contributed by atoms with Gasteiger partial charge in [0.05, 0.1) is 33.0 Å². The minimum Gasteiger partial charge on any atom is -0.316 e. The van der Waals surface area contributed by atoms with Crippen LogP contribution in [0.25, 0.3) is 11.0 Å². The van der Waals surface area contributed by atoms with Crippen molar-refractivity contribution in [3.05, 3.63) is 34.5 Å². The Morgan fingerprint density at radius 2 is 2.29 bits per heavy atom. The molecule has 110 valence electrons. The fraction of sp³-hybridized carbons (Fsp3) is 0.385. The quantitative estimate of drug-likeness (QED) is 0.674. The molecule has 0 spiro atoms. The molecule has 0 bridgehead atoms. The number of nitro groups is 1. The Balaban J connectivity index is 1.84. The number of fused-ring (bicyclic) bond motifs is 1. The molecule has 1 aliphatic rings. The largest absolute Gasteiger partial charge is 0.316 e. The van der Waals surface area contributed by atoms with Gasteiger partial charge in [-0.25, -0.2) is 4.98 Å². The van der Waals surface area contributed by atoms with Gasteiger partial charge >= 0.3 is 0 Å². The molecule has 1 saturated heterocycles. The molecule has 0 aliphatic carbocycles. The second-order valence-corrected chi connectivity index (χ2v) is 6.45. The monoisotopic (exact) mass is 306 g/mol. The summed E-state index contributed by atoms with van der Waals surface area (Å²) in [5.74, 6) is 0.973. The first kappa shape index (κ1) is 14.0. The van der Waals surface area contributed by atoms with E-state index in [9.17, 15) is 14.3 Å². The molecular weight excluding hydrogens is 292 g/mol. The first-order chi connectivity index (χ1) is 10.1. The molecular formula is C13H14N4O3S. The molecule has 1 aromatic heterocycles. The lowest BCUT2D eigenvalue weighted by molar-refractivity contribution is -0.384. The second-order valence-electron chi connectivity index (χ2n) is 5.01. The van der Waals surface area contributed by atoms with Crippen LogP contribution in [0.5, 0.6) is 0 Å². The van der Waals surface area contributed by atoms with E-state index in [2.05, 4.69) is 15.3 Å². The van der Waals surface area contributed by atoms with E-state index >= 15 is 0 Å². The van der Waals surface area contributed by atoms with Gasteiger partial charge in [-0.15, -0.1) is 0 Å². The number of nitro benzene ring substituents is 1. The highest BCUT2D eigenvalue weighted by Gasteiger charge is 2.19. The van der Waals surface area contributed by atoms with E-state index in [0.29, 0.717) is 27.7 Å². The Morgan fingerprint density at radius 1 is 1.43 bits per heavy atom. The Labute approximate surface area is 123 Å². The van der Waals surface area contributed by atoms with Crippen LogP contribution >= 0.6 is 0 Å². The topological polar surface area (TPSA) is 98.0 Å². The summed E-state index contributed by atoms with van der Waals surface area (Å²) in [6.45, 7) is 1.86. The molecule has 1 aromatic carbocycles. The number of nitrogens with zero attached hydrogens (tertiary/aromatic N) is 3. The highest BCUT2D eigenvalue weighted by Crippen LogP contribution is 2.19. The zero-order chi connectivity index (χ0) is 14.8. The molecule has 1 N–H and O–H groups in total. The van der Waals surface area contributed by atoms with E-state index in [-0.39, 0.29) is 5.69 Å². The summed E-state index contributed by atoms with van der Waals surface area (Å²) in [6, 6.07) is 4.29. The number of aromatic nitrogens is 2. The van der Waals surface area contributed by atoms with E-state index in [1.807, 2.05) is 0 Å². The minimum atomic E-state index is -1.19. The Kier molecular flexibility index (Phi) is 3.89. The van der Waals surface area contributed by atoms with Crippen LogP contribution in [0, 0.1) is 16.0 Å². The fourth-order valence-corrected chi connectivity index (χ4v) is 3.62. The maximum absolute atomic E-state index is 12.3. The van der Waals surface area contributed by atoms with Crippen molar-refractivity contribution in [2.24, 2.45) is 5.92 Å². The van der Waals surface area contributed by atoms with Gasteiger partial charge in [-0.3, -0.25) is 19.3 Å². The van der Waals surface area contributed by atoms with Crippen molar-refractivity contribution in [1.29, 1.82) is 0 Å². The fourth-order valence-electron chi connectivity index (χ4n) is 2.36. The molecule has 8 heteroatoms. The number of hydrogen-bond donors (Lipinski definition) is 1. The standard InChI is InChI=1S/C13H14N4O3S/c18-17(19)10-1-2-11-12(5-10)15-7-13(16-11)21(20)8-9-3-4-14-6-9/h1-2,5,7,9,14H,3-4,6,8H2/t9-,21+/m0/s1. The molecule has 2 atom stereocenters. The van der Waals surface area contributed by atoms with Gasteiger partial charge in [0.15, 0.2) is 0 Å². The van der Waals surface area contributed by atoms with Crippen LogP contribution in [0.1, 0.15) is 6.42 Å². The van der Waals surface area contributed by atoms with E-state index in [0.717, 1.165) is 19.5 Å². The van der Waals surface area contributed by atoms with E-state index in [1.165, 1.54) is 24.4 Å². The first-order valence-corrected chi connectivity index (χ1v) is 7.95. The SMILES string of the molecule is O=[N+]([O-])c1ccc2nc([S@](=O)C[C@H]3CCNC3)cnc2c1. The van der Waals surface area contributed by atoms with Crippen molar-refractivity contribution < 1.29 is 9.13 Å². The third-order valence-electron chi connectivity index (χ3n) is 3.50. The number of hydrogen-bond acceptors (Lipinski definition) is 6. The highest BCUT2D eigenvalue weighted by molar-refractivity contribution is 7.84. The van der Waals surface area contributed by atoms with Gasteiger partial charge in [-0.05, 0) is 31.5 Å². The summed E-state index contributed by atoms with van der Waals surface area (Å²) in [6.07, 6.45) is 2.48. The first-order valence-electron chi connectivity index (χ1n) is 6.64. The summed E-state index contributed by atoms with van der Waals surface area (Å²) in [5, 5.41) is 14.4. The molecule has 7 nitrogen and oxygen atoms in total. The number of non-ortho nitro benzene ring substituents is 1. The van der Waals surface area contributed by atoms with Crippen molar-refractivity contribution in [2.45, 2.75) is 11.4 Å². The lowest BCUT2D eigenvalue weighted by Gasteiger charge is -2.07. The average molecular weight is 306 g/mol. The third kappa shape index (κ3) is 3.06. The zero-order valence-corrected chi connectivity index (χ0v) is 12.0. The number of nitrogens with one attached hydrogen (secondary N) is 1. The summed E-state index contributed by atoms with van der Waals surface area (Å²) >= 11 is 0. The van der Waals surface area contributed by atoms with Gasteiger partial charge < -0.3 is 5.32 Å². The normalized spacial score (nSPS) is 19.7. The molecule has 0 unspecified atom stereocenters. The van der Waals surface area contributed by atoms with Gasteiger partial charge in [-0.1, -0.05) is 0 Å². The Bertz CT molecular complexity index is 716. The summed E-state index contributed by atoms with van der Waals surface area (Å²) in [4.78, 5) is 18.7.